The van der Waals surface area contributed by atoms with Crippen LogP contribution < -0.4 is 28.3 Å². The first kappa shape index (κ1) is 33.5. The van der Waals surface area contributed by atoms with E-state index in [1.165, 1.54) is 7.05 Å². The molecule has 2 heterocycles. The lowest BCUT2D eigenvalue weighted by molar-refractivity contribution is -0.317. The molecule has 0 bridgehead atoms. The van der Waals surface area contributed by atoms with E-state index in [1.54, 1.807) is 0 Å². The van der Waals surface area contributed by atoms with Gasteiger partial charge in [0.2, 0.25) is 0 Å². The molecule has 238 valence electrons. The van der Waals surface area contributed by atoms with Gasteiger partial charge < -0.3 is 93.2 Å². The van der Waals surface area contributed by atoms with Gasteiger partial charge in [-0.05, 0) is 7.05 Å². The Bertz CT molecular complexity index is 928. The number of hydrogen-bond donors (Lipinski definition) is 14. The molecular formula is C21H41N7O13. The fourth-order valence-corrected chi connectivity index (χ4v) is 5.26. The minimum atomic E-state index is -2.39. The predicted octanol–water partition coefficient (Wildman–Crippen LogP) is -9.40. The lowest BCUT2D eigenvalue weighted by Gasteiger charge is -2.45. The highest BCUT2D eigenvalue weighted by Gasteiger charge is 2.61. The maximum absolute atomic E-state index is 11.3. The summed E-state index contributed by atoms with van der Waals surface area (Å²) in [5.74, 6) is -1.07. The van der Waals surface area contributed by atoms with Crippen molar-refractivity contribution in [1.82, 2.24) is 5.32 Å². The number of nitrogens with two attached hydrogens (primary N) is 4. The van der Waals surface area contributed by atoms with Crippen LogP contribution in [0.1, 0.15) is 0 Å². The number of rotatable bonds is 10. The standard InChI is InChI=1S/C21H41N7O13/c1-26-9-13(35)10(32)5(2-29)38-17(9)41-16-18(39-6(3-30)21(16,37)4-31)40-15-8(28-20(24)25)11(33)7(27-19(22)23)12(34)14(15)36/h5-18,26,29-37H,2-4H2,1H3,(H4,22,23,27)(H4,24,25,28). The van der Waals surface area contributed by atoms with E-state index in [2.05, 4.69) is 15.3 Å². The number of aliphatic imine (C=N–C) groups is 2. The van der Waals surface area contributed by atoms with E-state index in [9.17, 15) is 46.0 Å². The maximum Gasteiger partial charge on any atom is 0.188 e. The van der Waals surface area contributed by atoms with Crippen molar-refractivity contribution in [3.8, 4) is 0 Å². The largest absolute Gasteiger partial charge is 0.394 e. The van der Waals surface area contributed by atoms with E-state index in [-0.39, 0.29) is 0 Å². The summed E-state index contributed by atoms with van der Waals surface area (Å²) in [6, 6.07) is -4.17. The van der Waals surface area contributed by atoms with E-state index >= 15 is 0 Å². The van der Waals surface area contributed by atoms with E-state index in [1.807, 2.05) is 0 Å². The highest BCUT2D eigenvalue weighted by molar-refractivity contribution is 5.76. The molecule has 3 rings (SSSR count). The molecule has 0 radical (unpaired) electrons. The summed E-state index contributed by atoms with van der Waals surface area (Å²) < 4.78 is 22.9. The summed E-state index contributed by atoms with van der Waals surface area (Å²) in [4.78, 5) is 7.61. The predicted molar refractivity (Wildman–Crippen MR) is 135 cm³/mol. The first-order valence-electron chi connectivity index (χ1n) is 12.7. The molecule has 2 aliphatic heterocycles. The Kier molecular flexibility index (Phi) is 11.0. The molecule has 2 saturated heterocycles. The van der Waals surface area contributed by atoms with Gasteiger partial charge in [-0.2, -0.15) is 0 Å². The molecule has 3 fully saturated rings. The molecule has 15 unspecified atom stereocenters. The monoisotopic (exact) mass is 599 g/mol. The van der Waals surface area contributed by atoms with Crippen LogP contribution in [0.3, 0.4) is 0 Å². The van der Waals surface area contributed by atoms with Crippen LogP contribution in [0.25, 0.3) is 0 Å². The Balaban J connectivity index is 1.99. The number of ether oxygens (including phenoxy) is 4. The van der Waals surface area contributed by atoms with Crippen molar-refractivity contribution in [2.45, 2.75) is 91.2 Å². The summed E-state index contributed by atoms with van der Waals surface area (Å²) >= 11 is 0. The molecule has 18 N–H and O–H groups in total. The molecule has 41 heavy (non-hydrogen) atoms. The molecular weight excluding hydrogens is 558 g/mol. The lowest BCUT2D eigenvalue weighted by atomic mass is 9.81. The summed E-state index contributed by atoms with van der Waals surface area (Å²) in [5.41, 5.74) is 19.4. The van der Waals surface area contributed by atoms with Gasteiger partial charge in [-0.1, -0.05) is 0 Å². The average molecular weight is 600 g/mol. The number of likely N-dealkylation sites (N-methyl/N-ethyl adjacent to an activating group) is 1. The van der Waals surface area contributed by atoms with Crippen LogP contribution in [-0.2, 0) is 18.9 Å². The second-order valence-electron chi connectivity index (χ2n) is 10.1. The highest BCUT2D eigenvalue weighted by Crippen LogP contribution is 2.39. The van der Waals surface area contributed by atoms with Crippen LogP contribution in [0.4, 0.5) is 0 Å². The van der Waals surface area contributed by atoms with Gasteiger partial charge in [0.15, 0.2) is 24.5 Å². The van der Waals surface area contributed by atoms with E-state index in [4.69, 9.17) is 41.9 Å². The van der Waals surface area contributed by atoms with Crippen molar-refractivity contribution >= 4 is 11.9 Å². The van der Waals surface area contributed by atoms with Gasteiger partial charge in [-0.3, -0.25) is 0 Å². The van der Waals surface area contributed by atoms with Crippen molar-refractivity contribution < 1.29 is 64.9 Å². The second-order valence-corrected chi connectivity index (χ2v) is 10.1. The molecule has 0 spiro atoms. The fourth-order valence-electron chi connectivity index (χ4n) is 5.26. The molecule has 20 nitrogen and oxygen atoms in total. The number of nitrogens with one attached hydrogen (secondary N) is 1. The maximum atomic E-state index is 11.3. The van der Waals surface area contributed by atoms with Gasteiger partial charge in [0.25, 0.3) is 0 Å². The van der Waals surface area contributed by atoms with Crippen LogP contribution in [0.15, 0.2) is 9.98 Å². The molecule has 0 amide bonds. The van der Waals surface area contributed by atoms with Crippen molar-refractivity contribution in [2.75, 3.05) is 26.9 Å². The minimum absolute atomic E-state index is 0.519. The van der Waals surface area contributed by atoms with E-state index in [0.717, 1.165) is 0 Å². The van der Waals surface area contributed by atoms with Crippen molar-refractivity contribution in [3.63, 3.8) is 0 Å². The smallest absolute Gasteiger partial charge is 0.188 e. The molecule has 1 aliphatic carbocycles. The summed E-state index contributed by atoms with van der Waals surface area (Å²) in [7, 11) is 1.40. The Morgan fingerprint density at radius 2 is 1.39 bits per heavy atom. The van der Waals surface area contributed by atoms with Crippen LogP contribution in [-0.4, -0.2) is 176 Å². The molecule has 0 aromatic carbocycles. The molecule has 0 aromatic rings. The van der Waals surface area contributed by atoms with Gasteiger partial charge in [0.05, 0.1) is 25.9 Å². The third kappa shape index (κ3) is 6.50. The van der Waals surface area contributed by atoms with Crippen LogP contribution in [0, 0.1) is 0 Å². The number of guanidine groups is 2. The highest BCUT2D eigenvalue weighted by atomic mass is 16.8. The third-order valence-corrected chi connectivity index (χ3v) is 7.47. The Morgan fingerprint density at radius 3 is 1.90 bits per heavy atom. The Hall–Kier alpha value is -2.02. The van der Waals surface area contributed by atoms with Crippen LogP contribution in [0.5, 0.6) is 0 Å². The van der Waals surface area contributed by atoms with Crippen LogP contribution >= 0.6 is 0 Å². The zero-order chi connectivity index (χ0) is 30.8. The first-order chi connectivity index (χ1) is 19.2. The van der Waals surface area contributed by atoms with Crippen molar-refractivity contribution in [1.29, 1.82) is 0 Å². The minimum Gasteiger partial charge on any atom is -0.394 e. The number of aliphatic hydroxyl groups is 9. The summed E-state index contributed by atoms with van der Waals surface area (Å²) in [5, 5.41) is 96.9. The van der Waals surface area contributed by atoms with Crippen molar-refractivity contribution in [3.05, 3.63) is 0 Å². The zero-order valence-corrected chi connectivity index (χ0v) is 22.1. The lowest BCUT2D eigenvalue weighted by Crippen LogP contribution is -2.67. The van der Waals surface area contributed by atoms with Gasteiger partial charge >= 0.3 is 0 Å². The fraction of sp³-hybridized carbons (Fsp3) is 0.905. The van der Waals surface area contributed by atoms with Gasteiger partial charge in [0, 0.05) is 0 Å². The quantitative estimate of drug-likeness (QED) is 0.0818. The number of aliphatic hydroxyl groups excluding tert-OH is 8. The van der Waals surface area contributed by atoms with E-state index < -0.39 is 123 Å². The molecule has 20 heteroatoms. The molecule has 3 aliphatic rings. The van der Waals surface area contributed by atoms with Crippen molar-refractivity contribution in [2.24, 2.45) is 32.9 Å². The molecule has 1 saturated carbocycles. The number of nitrogens with zero attached hydrogens (tertiary/aromatic N) is 2. The van der Waals surface area contributed by atoms with E-state index in [0.29, 0.717) is 0 Å². The molecule has 0 aromatic heterocycles. The van der Waals surface area contributed by atoms with Gasteiger partial charge in [0.1, 0.15) is 72.6 Å². The first-order valence-corrected chi connectivity index (χ1v) is 12.7. The summed E-state index contributed by atoms with van der Waals surface area (Å²) in [6.07, 6.45) is -18.1. The summed E-state index contributed by atoms with van der Waals surface area (Å²) in [6.45, 7) is -2.64. The Morgan fingerprint density at radius 1 is 0.780 bits per heavy atom. The van der Waals surface area contributed by atoms with Crippen LogP contribution in [0.2, 0.25) is 0 Å². The molecule has 15 atom stereocenters. The number of hydrogen-bond acceptors (Lipinski definition) is 16. The third-order valence-electron chi connectivity index (χ3n) is 7.47. The zero-order valence-electron chi connectivity index (χ0n) is 22.1. The SMILES string of the molecule is CNC1C(OC2C(OC3C(O)C(O)C(N=C(N)N)C(O)C3N=C(N)N)OC(CO)C2(O)CO)OC(CO)C(O)C1O. The topological polar surface area (TPSA) is 360 Å². The second kappa shape index (κ2) is 13.5. The normalized spacial score (nSPS) is 46.7. The Labute approximate surface area is 233 Å². The average Bonchev–Trinajstić information content (AvgIpc) is 3.19. The van der Waals surface area contributed by atoms with Gasteiger partial charge in [-0.15, -0.1) is 0 Å². The van der Waals surface area contributed by atoms with Gasteiger partial charge in [-0.25, -0.2) is 9.98 Å².